The minimum Gasteiger partial charge on any atom is -0.480 e. The molecule has 0 amide bonds. The van der Waals surface area contributed by atoms with Gasteiger partial charge in [-0.3, -0.25) is 9.69 Å². The molecule has 1 atom stereocenters. The van der Waals surface area contributed by atoms with E-state index in [0.29, 0.717) is 12.1 Å². The number of hydrogen-bond acceptors (Lipinski definition) is 5. The van der Waals surface area contributed by atoms with E-state index in [1.807, 2.05) is 18.9 Å². The number of rotatable bonds is 4. The largest absolute Gasteiger partial charge is 0.480 e. The van der Waals surface area contributed by atoms with Crippen molar-refractivity contribution in [1.29, 1.82) is 0 Å². The molecule has 6 nitrogen and oxygen atoms in total. The van der Waals surface area contributed by atoms with Crippen molar-refractivity contribution in [3.63, 3.8) is 0 Å². The lowest BCUT2D eigenvalue weighted by Crippen LogP contribution is -2.36. The van der Waals surface area contributed by atoms with Gasteiger partial charge >= 0.3 is 5.97 Å². The van der Waals surface area contributed by atoms with Gasteiger partial charge in [-0.2, -0.15) is 4.98 Å². The zero-order valence-electron chi connectivity index (χ0n) is 14.6. The average molecular weight is 331 g/mol. The Bertz CT molecular complexity index is 740. The fourth-order valence-corrected chi connectivity index (χ4v) is 3.55. The van der Waals surface area contributed by atoms with Crippen molar-refractivity contribution in [2.45, 2.75) is 39.2 Å². The predicted molar refractivity (Wildman–Crippen MR) is 93.6 cm³/mol. The molecule has 1 unspecified atom stereocenters. The number of benzene rings is 1. The van der Waals surface area contributed by atoms with E-state index in [0.717, 1.165) is 49.0 Å². The van der Waals surface area contributed by atoms with E-state index in [1.165, 1.54) is 5.56 Å². The molecular weight excluding hydrogens is 306 g/mol. The highest BCUT2D eigenvalue weighted by Crippen LogP contribution is 2.28. The molecule has 0 spiro atoms. The average Bonchev–Trinajstić information content (AvgIpc) is 2.77. The quantitative estimate of drug-likeness (QED) is 0.929. The second-order valence-electron chi connectivity index (χ2n) is 6.81. The Labute approximate surface area is 142 Å². The molecule has 1 aromatic carbocycles. The fourth-order valence-electron chi connectivity index (χ4n) is 3.55. The van der Waals surface area contributed by atoms with Crippen molar-refractivity contribution in [2.75, 3.05) is 31.6 Å². The van der Waals surface area contributed by atoms with Crippen LogP contribution in [0.15, 0.2) is 16.5 Å². The van der Waals surface area contributed by atoms with E-state index in [-0.39, 0.29) is 6.54 Å². The van der Waals surface area contributed by atoms with Crippen LogP contribution in [0, 0.1) is 13.8 Å². The third-order valence-electron chi connectivity index (χ3n) is 4.78. The van der Waals surface area contributed by atoms with E-state index in [9.17, 15) is 4.79 Å². The topological polar surface area (TPSA) is 69.8 Å². The second-order valence-corrected chi connectivity index (χ2v) is 6.81. The Morgan fingerprint density at radius 3 is 2.92 bits per heavy atom. The van der Waals surface area contributed by atoms with E-state index in [1.54, 1.807) is 0 Å². The standard InChI is InChI=1S/C18H25N3O3/c1-12-9-13(2)17-15(10-12)19-18(24-17)21-7-4-5-14(6-8-21)20(3)11-16(22)23/h9-10,14H,4-8,11H2,1-3H3,(H,22,23). The van der Waals surface area contributed by atoms with Crippen LogP contribution in [0.2, 0.25) is 0 Å². The summed E-state index contributed by atoms with van der Waals surface area (Å²) in [6.07, 6.45) is 2.92. The van der Waals surface area contributed by atoms with Gasteiger partial charge in [0.05, 0.1) is 6.54 Å². The summed E-state index contributed by atoms with van der Waals surface area (Å²) in [5.41, 5.74) is 4.06. The molecule has 1 fully saturated rings. The van der Waals surface area contributed by atoms with Gasteiger partial charge in [-0.15, -0.1) is 0 Å². The lowest BCUT2D eigenvalue weighted by Gasteiger charge is -2.25. The van der Waals surface area contributed by atoms with Crippen molar-refractivity contribution in [3.05, 3.63) is 23.3 Å². The van der Waals surface area contributed by atoms with Gasteiger partial charge in [-0.25, -0.2) is 0 Å². The van der Waals surface area contributed by atoms with Crippen molar-refractivity contribution < 1.29 is 14.3 Å². The van der Waals surface area contributed by atoms with Crippen LogP contribution in [-0.4, -0.2) is 53.7 Å². The first-order valence-electron chi connectivity index (χ1n) is 8.49. The van der Waals surface area contributed by atoms with Crippen LogP contribution in [0.1, 0.15) is 30.4 Å². The molecule has 1 aliphatic heterocycles. The molecule has 1 saturated heterocycles. The molecule has 0 radical (unpaired) electrons. The molecule has 1 aliphatic rings. The summed E-state index contributed by atoms with van der Waals surface area (Å²) in [4.78, 5) is 19.7. The summed E-state index contributed by atoms with van der Waals surface area (Å²) in [5, 5.41) is 8.97. The van der Waals surface area contributed by atoms with Gasteiger partial charge < -0.3 is 14.4 Å². The smallest absolute Gasteiger partial charge is 0.317 e. The molecule has 3 rings (SSSR count). The first-order chi connectivity index (χ1) is 11.4. The number of carbonyl (C=O) groups is 1. The minimum atomic E-state index is -0.775. The summed E-state index contributed by atoms with van der Waals surface area (Å²) >= 11 is 0. The summed E-state index contributed by atoms with van der Waals surface area (Å²) in [6, 6.07) is 5.13. The van der Waals surface area contributed by atoms with Gasteiger partial charge in [0.2, 0.25) is 0 Å². The second kappa shape index (κ2) is 6.81. The van der Waals surface area contributed by atoms with Gasteiger partial charge in [0.15, 0.2) is 5.58 Å². The highest BCUT2D eigenvalue weighted by molar-refractivity contribution is 5.78. The number of aromatic nitrogens is 1. The van der Waals surface area contributed by atoms with Crippen LogP contribution in [0.5, 0.6) is 0 Å². The third kappa shape index (κ3) is 3.53. The van der Waals surface area contributed by atoms with Crippen LogP contribution >= 0.6 is 0 Å². The molecule has 2 aromatic rings. The van der Waals surface area contributed by atoms with Gasteiger partial charge in [0.25, 0.3) is 6.01 Å². The lowest BCUT2D eigenvalue weighted by atomic mass is 10.1. The van der Waals surface area contributed by atoms with Gasteiger partial charge in [-0.1, -0.05) is 6.07 Å². The van der Waals surface area contributed by atoms with Crippen LogP contribution in [-0.2, 0) is 4.79 Å². The molecular formula is C18H25N3O3. The van der Waals surface area contributed by atoms with Crippen molar-refractivity contribution in [2.24, 2.45) is 0 Å². The molecule has 0 saturated carbocycles. The number of aryl methyl sites for hydroxylation is 2. The summed E-state index contributed by atoms with van der Waals surface area (Å²) in [7, 11) is 1.89. The van der Waals surface area contributed by atoms with Gasteiger partial charge in [-0.05, 0) is 57.4 Å². The molecule has 6 heteroatoms. The Morgan fingerprint density at radius 2 is 2.17 bits per heavy atom. The lowest BCUT2D eigenvalue weighted by molar-refractivity contribution is -0.138. The predicted octanol–water partition coefficient (Wildman–Crippen LogP) is 2.82. The molecule has 2 heterocycles. The number of hydrogen-bond donors (Lipinski definition) is 1. The van der Waals surface area contributed by atoms with Crippen LogP contribution in [0.25, 0.3) is 11.1 Å². The number of carboxylic acids is 1. The first-order valence-corrected chi connectivity index (χ1v) is 8.49. The number of anilines is 1. The monoisotopic (exact) mass is 331 g/mol. The Hall–Kier alpha value is -2.08. The maximum Gasteiger partial charge on any atom is 0.317 e. The van der Waals surface area contributed by atoms with Gasteiger partial charge in [0.1, 0.15) is 5.52 Å². The fraction of sp³-hybridized carbons (Fsp3) is 0.556. The Kier molecular flexibility index (Phi) is 4.76. The zero-order chi connectivity index (χ0) is 17.3. The summed E-state index contributed by atoms with van der Waals surface area (Å²) < 4.78 is 6.02. The molecule has 1 aromatic heterocycles. The van der Waals surface area contributed by atoms with E-state index >= 15 is 0 Å². The third-order valence-corrected chi connectivity index (χ3v) is 4.78. The van der Waals surface area contributed by atoms with Gasteiger partial charge in [0, 0.05) is 19.1 Å². The maximum absolute atomic E-state index is 10.9. The van der Waals surface area contributed by atoms with Crippen molar-refractivity contribution in [3.8, 4) is 0 Å². The normalized spacial score (nSPS) is 19.0. The Balaban J connectivity index is 1.74. The number of oxazole rings is 1. The summed E-state index contributed by atoms with van der Waals surface area (Å²) in [5.74, 6) is -0.775. The summed E-state index contributed by atoms with van der Waals surface area (Å²) in [6.45, 7) is 5.92. The van der Waals surface area contributed by atoms with Crippen molar-refractivity contribution >= 4 is 23.1 Å². The van der Waals surface area contributed by atoms with Crippen LogP contribution in [0.3, 0.4) is 0 Å². The van der Waals surface area contributed by atoms with E-state index in [2.05, 4.69) is 28.9 Å². The number of likely N-dealkylation sites (N-methyl/N-ethyl adjacent to an activating group) is 1. The first kappa shape index (κ1) is 16.8. The molecule has 24 heavy (non-hydrogen) atoms. The highest BCUT2D eigenvalue weighted by atomic mass is 16.4. The van der Waals surface area contributed by atoms with E-state index < -0.39 is 5.97 Å². The SMILES string of the molecule is Cc1cc(C)c2oc(N3CCCC(N(C)CC(=O)O)CC3)nc2c1. The maximum atomic E-state index is 10.9. The molecule has 1 N–H and O–H groups in total. The number of nitrogens with zero attached hydrogens (tertiary/aromatic N) is 3. The van der Waals surface area contributed by atoms with Crippen LogP contribution < -0.4 is 4.90 Å². The Morgan fingerprint density at radius 1 is 1.38 bits per heavy atom. The molecule has 0 bridgehead atoms. The van der Waals surface area contributed by atoms with Crippen molar-refractivity contribution in [1.82, 2.24) is 9.88 Å². The van der Waals surface area contributed by atoms with E-state index in [4.69, 9.17) is 9.52 Å². The number of fused-ring (bicyclic) bond motifs is 1. The van der Waals surface area contributed by atoms with Crippen LogP contribution in [0.4, 0.5) is 6.01 Å². The zero-order valence-corrected chi connectivity index (χ0v) is 14.6. The molecule has 0 aliphatic carbocycles. The number of carboxylic acid groups (broad SMARTS) is 1. The minimum absolute atomic E-state index is 0.0893. The molecule has 130 valence electrons. The number of aliphatic carboxylic acids is 1. The highest BCUT2D eigenvalue weighted by Gasteiger charge is 2.24.